The van der Waals surface area contributed by atoms with Crippen molar-refractivity contribution in [1.82, 2.24) is 25.3 Å². The maximum Gasteiger partial charge on any atom is 0.273 e. The van der Waals surface area contributed by atoms with Crippen LogP contribution in [0.15, 0.2) is 30.7 Å². The molecule has 2 atom stereocenters. The van der Waals surface area contributed by atoms with Gasteiger partial charge in [0.1, 0.15) is 0 Å². The molecule has 7 heteroatoms. The number of carbonyl (C=O) groups is 1. The van der Waals surface area contributed by atoms with E-state index in [1.165, 1.54) is 6.42 Å². The number of pyridine rings is 1. The maximum atomic E-state index is 12.5. The Morgan fingerprint density at radius 1 is 1.48 bits per heavy atom. The van der Waals surface area contributed by atoms with E-state index in [-0.39, 0.29) is 23.5 Å². The topological polar surface area (TPSA) is 81.9 Å². The summed E-state index contributed by atoms with van der Waals surface area (Å²) < 4.78 is 7.50. The molecular formula is C18H23N5O2. The number of nitrogens with one attached hydrogen (secondary N) is 1. The first-order valence-corrected chi connectivity index (χ1v) is 8.93. The number of hydrogen-bond donors (Lipinski definition) is 1. The van der Waals surface area contributed by atoms with Crippen LogP contribution in [-0.4, -0.2) is 44.6 Å². The molecule has 1 spiro atoms. The van der Waals surface area contributed by atoms with Crippen LogP contribution in [-0.2, 0) is 11.3 Å². The molecule has 132 valence electrons. The van der Waals surface area contributed by atoms with E-state index in [0.717, 1.165) is 31.4 Å². The van der Waals surface area contributed by atoms with Gasteiger partial charge in [-0.2, -0.15) is 0 Å². The second-order valence-electron chi connectivity index (χ2n) is 6.96. The molecule has 0 bridgehead atoms. The van der Waals surface area contributed by atoms with Gasteiger partial charge in [0.15, 0.2) is 5.69 Å². The molecule has 0 radical (unpaired) electrons. The lowest BCUT2D eigenvalue weighted by Crippen LogP contribution is -2.67. The van der Waals surface area contributed by atoms with Crippen molar-refractivity contribution in [3.05, 3.63) is 42.0 Å². The van der Waals surface area contributed by atoms with Crippen LogP contribution in [0.5, 0.6) is 0 Å². The maximum absolute atomic E-state index is 12.5. The summed E-state index contributed by atoms with van der Waals surface area (Å²) in [7, 11) is 0. The Hall–Kier alpha value is -2.28. The third-order valence-electron chi connectivity index (χ3n) is 5.58. The first-order chi connectivity index (χ1) is 12.2. The van der Waals surface area contributed by atoms with Crippen molar-refractivity contribution in [2.24, 2.45) is 5.41 Å². The highest BCUT2D eigenvalue weighted by atomic mass is 16.5. The number of nitrogens with zero attached hydrogens (tertiary/aromatic N) is 4. The molecule has 2 aliphatic rings. The number of hydrogen-bond acceptors (Lipinski definition) is 5. The molecule has 2 fully saturated rings. The average Bonchev–Trinajstić information content (AvgIpc) is 3.01. The summed E-state index contributed by atoms with van der Waals surface area (Å²) in [5.41, 5.74) is 1.53. The average molecular weight is 341 g/mol. The summed E-state index contributed by atoms with van der Waals surface area (Å²) in [4.78, 5) is 16.6. The monoisotopic (exact) mass is 341 g/mol. The van der Waals surface area contributed by atoms with Crippen molar-refractivity contribution in [2.75, 3.05) is 6.61 Å². The fourth-order valence-electron chi connectivity index (χ4n) is 4.03. The Labute approximate surface area is 146 Å². The van der Waals surface area contributed by atoms with E-state index in [9.17, 15) is 4.79 Å². The summed E-state index contributed by atoms with van der Waals surface area (Å²) in [6, 6.07) is 4.04. The van der Waals surface area contributed by atoms with Crippen LogP contribution in [0.3, 0.4) is 0 Å². The van der Waals surface area contributed by atoms with Crippen LogP contribution < -0.4 is 5.32 Å². The Bertz CT molecular complexity index is 741. The molecule has 1 N–H and O–H groups in total. The Morgan fingerprint density at radius 3 is 3.04 bits per heavy atom. The lowest BCUT2D eigenvalue weighted by molar-refractivity contribution is -0.169. The molecule has 2 heterocycles. The zero-order valence-electron chi connectivity index (χ0n) is 14.4. The Kier molecular flexibility index (Phi) is 4.25. The minimum atomic E-state index is -0.149. The molecular weight excluding hydrogens is 318 g/mol. The van der Waals surface area contributed by atoms with E-state index in [1.54, 1.807) is 23.3 Å². The number of ether oxygens (including phenoxy) is 1. The summed E-state index contributed by atoms with van der Waals surface area (Å²) in [6.45, 7) is 3.31. The van der Waals surface area contributed by atoms with Gasteiger partial charge in [0.05, 0.1) is 18.8 Å². The van der Waals surface area contributed by atoms with E-state index in [1.807, 2.05) is 19.1 Å². The zero-order chi connectivity index (χ0) is 17.3. The molecule has 4 rings (SSSR count). The van der Waals surface area contributed by atoms with E-state index in [2.05, 4.69) is 20.6 Å². The van der Waals surface area contributed by atoms with Gasteiger partial charge in [0, 0.05) is 30.5 Å². The molecule has 0 aromatic carbocycles. The minimum Gasteiger partial charge on any atom is -0.378 e. The normalized spacial score (nSPS) is 23.7. The molecule has 0 saturated heterocycles. The van der Waals surface area contributed by atoms with E-state index < -0.39 is 0 Å². The predicted molar refractivity (Wildman–Crippen MR) is 90.9 cm³/mol. The largest absolute Gasteiger partial charge is 0.378 e. The highest BCUT2D eigenvalue weighted by Gasteiger charge is 2.59. The second kappa shape index (κ2) is 6.55. The summed E-state index contributed by atoms with van der Waals surface area (Å²) >= 11 is 0. The Morgan fingerprint density at radius 2 is 2.36 bits per heavy atom. The minimum absolute atomic E-state index is 0.149. The summed E-state index contributed by atoms with van der Waals surface area (Å²) in [5, 5.41) is 11.2. The third kappa shape index (κ3) is 2.93. The predicted octanol–water partition coefficient (Wildman–Crippen LogP) is 1.80. The van der Waals surface area contributed by atoms with Gasteiger partial charge >= 0.3 is 0 Å². The van der Waals surface area contributed by atoms with Crippen molar-refractivity contribution < 1.29 is 9.53 Å². The van der Waals surface area contributed by atoms with E-state index in [4.69, 9.17) is 4.74 Å². The van der Waals surface area contributed by atoms with Crippen molar-refractivity contribution in [1.29, 1.82) is 0 Å². The van der Waals surface area contributed by atoms with Crippen LogP contribution >= 0.6 is 0 Å². The molecule has 0 unspecified atom stereocenters. The van der Waals surface area contributed by atoms with Crippen molar-refractivity contribution in [2.45, 2.75) is 51.3 Å². The van der Waals surface area contributed by atoms with Gasteiger partial charge in [-0.1, -0.05) is 17.7 Å². The fourth-order valence-corrected chi connectivity index (χ4v) is 4.03. The van der Waals surface area contributed by atoms with Gasteiger partial charge in [-0.05, 0) is 37.8 Å². The quantitative estimate of drug-likeness (QED) is 0.866. The van der Waals surface area contributed by atoms with Gasteiger partial charge in [0.25, 0.3) is 5.91 Å². The zero-order valence-corrected chi connectivity index (χ0v) is 14.4. The highest BCUT2D eigenvalue weighted by molar-refractivity contribution is 5.92. The lowest BCUT2D eigenvalue weighted by atomic mass is 9.51. The van der Waals surface area contributed by atoms with Gasteiger partial charge < -0.3 is 10.1 Å². The van der Waals surface area contributed by atoms with Crippen molar-refractivity contribution in [3.63, 3.8) is 0 Å². The molecule has 7 nitrogen and oxygen atoms in total. The summed E-state index contributed by atoms with van der Waals surface area (Å²) in [5.74, 6) is -0.149. The van der Waals surface area contributed by atoms with Gasteiger partial charge in [-0.25, -0.2) is 4.68 Å². The van der Waals surface area contributed by atoms with Crippen LogP contribution in [0.1, 0.15) is 48.7 Å². The van der Waals surface area contributed by atoms with Gasteiger partial charge in [-0.3, -0.25) is 9.78 Å². The molecule has 2 saturated carbocycles. The highest BCUT2D eigenvalue weighted by Crippen LogP contribution is 2.57. The number of carbonyl (C=O) groups excluding carboxylic acids is 1. The fraction of sp³-hybridized carbons (Fsp3) is 0.556. The third-order valence-corrected chi connectivity index (χ3v) is 5.58. The lowest BCUT2D eigenvalue weighted by Gasteiger charge is -2.60. The molecule has 1 amide bonds. The van der Waals surface area contributed by atoms with E-state index >= 15 is 0 Å². The SMILES string of the molecule is CCO[C@H]1C[C@@H](NC(=O)c2cn(Cc3cccnc3)nn2)C12CCC2. The molecule has 2 aromatic rings. The molecule has 25 heavy (non-hydrogen) atoms. The first kappa shape index (κ1) is 16.2. The standard InChI is InChI=1S/C18H23N5O2/c1-2-25-16-9-15(18(16)6-4-7-18)20-17(24)14-12-23(22-21-14)11-13-5-3-8-19-10-13/h3,5,8,10,12,15-16H,2,4,6-7,9,11H2,1H3,(H,20,24)/t15-,16+/m1/s1. The van der Waals surface area contributed by atoms with Crippen LogP contribution in [0.25, 0.3) is 0 Å². The number of aromatic nitrogens is 4. The Balaban J connectivity index is 1.38. The van der Waals surface area contributed by atoms with Gasteiger partial charge in [-0.15, -0.1) is 5.10 Å². The summed E-state index contributed by atoms with van der Waals surface area (Å²) in [6.07, 6.45) is 9.87. The number of amides is 1. The number of rotatable bonds is 6. The van der Waals surface area contributed by atoms with Crippen molar-refractivity contribution >= 4 is 5.91 Å². The molecule has 0 aliphatic heterocycles. The molecule has 2 aromatic heterocycles. The molecule has 2 aliphatic carbocycles. The van der Waals surface area contributed by atoms with Gasteiger partial charge in [0.2, 0.25) is 0 Å². The second-order valence-corrected chi connectivity index (χ2v) is 6.96. The van der Waals surface area contributed by atoms with E-state index in [0.29, 0.717) is 12.2 Å². The van der Waals surface area contributed by atoms with Crippen LogP contribution in [0.2, 0.25) is 0 Å². The smallest absolute Gasteiger partial charge is 0.273 e. The van der Waals surface area contributed by atoms with Crippen molar-refractivity contribution in [3.8, 4) is 0 Å². The van der Waals surface area contributed by atoms with Crippen LogP contribution in [0, 0.1) is 5.41 Å². The first-order valence-electron chi connectivity index (χ1n) is 8.93. The van der Waals surface area contributed by atoms with Crippen LogP contribution in [0.4, 0.5) is 0 Å².